The molecule has 1 N–H and O–H groups in total. The smallest absolute Gasteiger partial charge is 0.0393 e. The zero-order valence-electron chi connectivity index (χ0n) is 13.6. The van der Waals surface area contributed by atoms with Gasteiger partial charge in [-0.15, -0.1) is 0 Å². The summed E-state index contributed by atoms with van der Waals surface area (Å²) >= 11 is 0. The fourth-order valence-corrected chi connectivity index (χ4v) is 3.08. The molecule has 0 saturated heterocycles. The number of hydrogen-bond acceptors (Lipinski definition) is 2. The lowest BCUT2D eigenvalue weighted by Crippen LogP contribution is -2.43. The fourth-order valence-electron chi connectivity index (χ4n) is 3.08. The van der Waals surface area contributed by atoms with Gasteiger partial charge in [-0.3, -0.25) is 0 Å². The number of anilines is 1. The highest BCUT2D eigenvalue weighted by Gasteiger charge is 2.27. The molecule has 0 bridgehead atoms. The first-order chi connectivity index (χ1) is 10.1. The first kappa shape index (κ1) is 15.6. The molecule has 0 aliphatic carbocycles. The maximum Gasteiger partial charge on any atom is 0.0393 e. The second-order valence-electron chi connectivity index (χ2n) is 6.10. The lowest BCUT2D eigenvalue weighted by atomic mass is 9.81. The van der Waals surface area contributed by atoms with Gasteiger partial charge in [-0.1, -0.05) is 55.5 Å². The fraction of sp³-hybridized carbons (Fsp3) is 0.368. The molecular formula is C19H26N2. The van der Waals surface area contributed by atoms with E-state index in [1.165, 1.54) is 16.8 Å². The Hall–Kier alpha value is -1.80. The molecule has 0 aliphatic heterocycles. The van der Waals surface area contributed by atoms with Gasteiger partial charge in [0.15, 0.2) is 0 Å². The molecule has 0 aliphatic rings. The molecule has 1 unspecified atom stereocenters. The van der Waals surface area contributed by atoms with E-state index < -0.39 is 0 Å². The van der Waals surface area contributed by atoms with Crippen LogP contribution in [0.25, 0.3) is 0 Å². The SMILES string of the molecule is CNCC(C)(CN(C)c1ccccc1C)c1ccccc1. The minimum absolute atomic E-state index is 0.0764. The Kier molecular flexibility index (Phi) is 5.03. The van der Waals surface area contributed by atoms with Crippen molar-refractivity contribution in [3.63, 3.8) is 0 Å². The highest BCUT2D eigenvalue weighted by atomic mass is 15.1. The molecule has 0 aromatic heterocycles. The minimum atomic E-state index is 0.0764. The maximum atomic E-state index is 3.35. The molecule has 0 amide bonds. The Balaban J connectivity index is 2.26. The van der Waals surface area contributed by atoms with Crippen molar-refractivity contribution >= 4 is 5.69 Å². The number of nitrogens with one attached hydrogen (secondary N) is 1. The third-order valence-electron chi connectivity index (χ3n) is 4.15. The number of benzene rings is 2. The average Bonchev–Trinajstić information content (AvgIpc) is 2.48. The van der Waals surface area contributed by atoms with E-state index in [-0.39, 0.29) is 5.41 Å². The van der Waals surface area contributed by atoms with Gasteiger partial charge in [-0.05, 0) is 31.2 Å². The molecule has 0 saturated carbocycles. The molecular weight excluding hydrogens is 256 g/mol. The monoisotopic (exact) mass is 282 g/mol. The Morgan fingerprint density at radius 1 is 1.00 bits per heavy atom. The van der Waals surface area contributed by atoms with Gasteiger partial charge in [0.2, 0.25) is 0 Å². The largest absolute Gasteiger partial charge is 0.373 e. The van der Waals surface area contributed by atoms with Gasteiger partial charge < -0.3 is 10.2 Å². The van der Waals surface area contributed by atoms with Crippen molar-refractivity contribution in [3.8, 4) is 0 Å². The Labute approximate surface area is 128 Å². The van der Waals surface area contributed by atoms with Gasteiger partial charge in [0.1, 0.15) is 0 Å². The number of hydrogen-bond donors (Lipinski definition) is 1. The van der Waals surface area contributed by atoms with E-state index in [4.69, 9.17) is 0 Å². The number of likely N-dealkylation sites (N-methyl/N-ethyl adjacent to an activating group) is 2. The Morgan fingerprint density at radius 2 is 1.62 bits per heavy atom. The summed E-state index contributed by atoms with van der Waals surface area (Å²) < 4.78 is 0. The van der Waals surface area contributed by atoms with E-state index in [0.29, 0.717) is 0 Å². The molecule has 2 aromatic rings. The van der Waals surface area contributed by atoms with Crippen molar-refractivity contribution < 1.29 is 0 Å². The van der Waals surface area contributed by atoms with Crippen molar-refractivity contribution in [2.24, 2.45) is 0 Å². The van der Waals surface area contributed by atoms with E-state index in [1.807, 2.05) is 7.05 Å². The van der Waals surface area contributed by atoms with Gasteiger partial charge in [-0.25, -0.2) is 0 Å². The highest BCUT2D eigenvalue weighted by Crippen LogP contribution is 2.27. The molecule has 0 radical (unpaired) electrons. The molecule has 112 valence electrons. The summed E-state index contributed by atoms with van der Waals surface area (Å²) in [7, 11) is 4.20. The van der Waals surface area contributed by atoms with Crippen LogP contribution in [-0.4, -0.2) is 27.2 Å². The van der Waals surface area contributed by atoms with Crippen LogP contribution in [0.15, 0.2) is 54.6 Å². The molecule has 0 heterocycles. The predicted molar refractivity (Wildman–Crippen MR) is 92.2 cm³/mol. The molecule has 2 aromatic carbocycles. The van der Waals surface area contributed by atoms with Crippen LogP contribution in [0.4, 0.5) is 5.69 Å². The number of nitrogens with zero attached hydrogens (tertiary/aromatic N) is 1. The molecule has 2 heteroatoms. The van der Waals surface area contributed by atoms with Crippen molar-refractivity contribution in [2.75, 3.05) is 32.1 Å². The summed E-state index contributed by atoms with van der Waals surface area (Å²) in [6.45, 7) is 6.42. The van der Waals surface area contributed by atoms with E-state index in [1.54, 1.807) is 0 Å². The minimum Gasteiger partial charge on any atom is -0.373 e. The number of aryl methyl sites for hydroxylation is 1. The van der Waals surface area contributed by atoms with Crippen LogP contribution in [0.2, 0.25) is 0 Å². The molecule has 2 nitrogen and oxygen atoms in total. The lowest BCUT2D eigenvalue weighted by Gasteiger charge is -2.36. The third kappa shape index (κ3) is 3.64. The standard InChI is InChI=1S/C19H26N2/c1-16-10-8-9-13-18(16)21(4)15-19(2,14-20-3)17-11-6-5-7-12-17/h5-13,20H,14-15H2,1-4H3. The second-order valence-corrected chi connectivity index (χ2v) is 6.10. The van der Waals surface area contributed by atoms with E-state index >= 15 is 0 Å². The molecule has 1 atom stereocenters. The van der Waals surface area contributed by atoms with Crippen molar-refractivity contribution in [1.29, 1.82) is 0 Å². The van der Waals surface area contributed by atoms with Crippen LogP contribution < -0.4 is 10.2 Å². The topological polar surface area (TPSA) is 15.3 Å². The van der Waals surface area contributed by atoms with E-state index in [9.17, 15) is 0 Å². The van der Waals surface area contributed by atoms with Crippen LogP contribution in [0.5, 0.6) is 0 Å². The summed E-state index contributed by atoms with van der Waals surface area (Å²) in [5.41, 5.74) is 4.07. The van der Waals surface area contributed by atoms with Crippen molar-refractivity contribution in [3.05, 3.63) is 65.7 Å². The summed E-state index contributed by atoms with van der Waals surface area (Å²) in [5, 5.41) is 3.35. The van der Waals surface area contributed by atoms with Gasteiger partial charge in [0.25, 0.3) is 0 Å². The summed E-state index contributed by atoms with van der Waals surface area (Å²) in [6, 6.07) is 19.3. The summed E-state index contributed by atoms with van der Waals surface area (Å²) in [5.74, 6) is 0. The zero-order chi connectivity index (χ0) is 15.3. The lowest BCUT2D eigenvalue weighted by molar-refractivity contribution is 0.450. The van der Waals surface area contributed by atoms with Gasteiger partial charge in [-0.2, -0.15) is 0 Å². The van der Waals surface area contributed by atoms with Crippen molar-refractivity contribution in [1.82, 2.24) is 5.32 Å². The Bertz CT molecular complexity index is 565. The van der Waals surface area contributed by atoms with Crippen LogP contribution in [0, 0.1) is 6.92 Å². The van der Waals surface area contributed by atoms with Crippen LogP contribution >= 0.6 is 0 Å². The number of para-hydroxylation sites is 1. The molecule has 2 rings (SSSR count). The molecule has 0 fully saturated rings. The first-order valence-electron chi connectivity index (χ1n) is 7.54. The molecule has 0 spiro atoms. The second kappa shape index (κ2) is 6.77. The predicted octanol–water partition coefficient (Wildman–Crippen LogP) is 3.61. The quantitative estimate of drug-likeness (QED) is 0.870. The third-order valence-corrected chi connectivity index (χ3v) is 4.15. The molecule has 21 heavy (non-hydrogen) atoms. The normalized spacial score (nSPS) is 13.7. The van der Waals surface area contributed by atoms with E-state index in [2.05, 4.69) is 85.7 Å². The average molecular weight is 282 g/mol. The van der Waals surface area contributed by atoms with E-state index in [0.717, 1.165) is 13.1 Å². The first-order valence-corrected chi connectivity index (χ1v) is 7.54. The van der Waals surface area contributed by atoms with Gasteiger partial charge >= 0.3 is 0 Å². The van der Waals surface area contributed by atoms with Crippen LogP contribution in [0.1, 0.15) is 18.1 Å². The summed E-state index contributed by atoms with van der Waals surface area (Å²) in [4.78, 5) is 2.36. The Morgan fingerprint density at radius 3 is 2.24 bits per heavy atom. The number of rotatable bonds is 6. The zero-order valence-corrected chi connectivity index (χ0v) is 13.6. The summed E-state index contributed by atoms with van der Waals surface area (Å²) in [6.07, 6.45) is 0. The van der Waals surface area contributed by atoms with Gasteiger partial charge in [0, 0.05) is 31.2 Å². The van der Waals surface area contributed by atoms with Crippen molar-refractivity contribution in [2.45, 2.75) is 19.3 Å². The van der Waals surface area contributed by atoms with Gasteiger partial charge in [0.05, 0.1) is 0 Å². The highest BCUT2D eigenvalue weighted by molar-refractivity contribution is 5.53. The van der Waals surface area contributed by atoms with Crippen LogP contribution in [-0.2, 0) is 5.41 Å². The maximum absolute atomic E-state index is 3.35. The van der Waals surface area contributed by atoms with Crippen LogP contribution in [0.3, 0.4) is 0 Å².